The topological polar surface area (TPSA) is 38.8 Å². The number of amides is 2. The number of piperazine rings is 1. The smallest absolute Gasteiger partial charge is 0.322 e. The number of fused-ring (bicyclic) bond motifs is 1. The number of carbonyl (C=O) groups is 1. The van der Waals surface area contributed by atoms with Crippen LogP contribution in [0.4, 0.5) is 10.5 Å². The molecule has 2 aliphatic heterocycles. The minimum atomic E-state index is -0.0148. The van der Waals surface area contributed by atoms with Crippen LogP contribution in [0.2, 0.25) is 0 Å². The first-order chi connectivity index (χ1) is 13.6. The Bertz CT molecular complexity index is 812. The number of likely N-dealkylation sites (N-methyl/N-ethyl adjacent to an activating group) is 1. The number of nitrogens with zero attached hydrogens (tertiary/aromatic N) is 3. The van der Waals surface area contributed by atoms with Gasteiger partial charge < -0.3 is 10.2 Å². The van der Waals surface area contributed by atoms with Crippen LogP contribution in [0.5, 0.6) is 0 Å². The lowest BCUT2D eigenvalue weighted by Gasteiger charge is -2.32. The summed E-state index contributed by atoms with van der Waals surface area (Å²) in [5.74, 6) is 0. The minimum Gasteiger partial charge on any atom is -0.334 e. The molecule has 5 heteroatoms. The van der Waals surface area contributed by atoms with Gasteiger partial charge in [0, 0.05) is 51.0 Å². The molecular formula is C23H30N4O. The molecule has 2 heterocycles. The fraction of sp³-hybridized carbons (Fsp3) is 0.435. The predicted molar refractivity (Wildman–Crippen MR) is 114 cm³/mol. The molecule has 0 spiro atoms. The average molecular weight is 379 g/mol. The molecule has 28 heavy (non-hydrogen) atoms. The maximum Gasteiger partial charge on any atom is 0.322 e. The van der Waals surface area contributed by atoms with Crippen LogP contribution in [0, 0.1) is 0 Å². The fourth-order valence-electron chi connectivity index (χ4n) is 4.16. The summed E-state index contributed by atoms with van der Waals surface area (Å²) >= 11 is 0. The summed E-state index contributed by atoms with van der Waals surface area (Å²) in [5.41, 5.74) is 4.76. The molecule has 1 N–H and O–H groups in total. The number of urea groups is 1. The van der Waals surface area contributed by atoms with Gasteiger partial charge in [-0.1, -0.05) is 42.5 Å². The number of carbonyl (C=O) groups excluding carboxylic acids is 1. The summed E-state index contributed by atoms with van der Waals surface area (Å²) in [4.78, 5) is 19.5. The van der Waals surface area contributed by atoms with Gasteiger partial charge in [0.05, 0.1) is 0 Å². The lowest BCUT2D eigenvalue weighted by Crippen LogP contribution is -2.43. The Hall–Kier alpha value is -2.37. The van der Waals surface area contributed by atoms with E-state index < -0.39 is 0 Å². The molecule has 0 bridgehead atoms. The molecule has 0 unspecified atom stereocenters. The zero-order chi connectivity index (χ0) is 19.5. The zero-order valence-corrected chi connectivity index (χ0v) is 16.9. The maximum absolute atomic E-state index is 12.8. The molecule has 2 aliphatic rings. The van der Waals surface area contributed by atoms with Crippen LogP contribution in [0.25, 0.3) is 0 Å². The Kier molecular flexibility index (Phi) is 5.64. The van der Waals surface area contributed by atoms with Crippen molar-refractivity contribution in [3.05, 3.63) is 65.2 Å². The van der Waals surface area contributed by atoms with Crippen LogP contribution in [-0.2, 0) is 19.5 Å². The van der Waals surface area contributed by atoms with E-state index in [1.165, 1.54) is 11.1 Å². The highest BCUT2D eigenvalue weighted by Crippen LogP contribution is 2.31. The van der Waals surface area contributed by atoms with Crippen LogP contribution < -0.4 is 10.2 Å². The molecule has 2 aromatic rings. The number of hydrogen-bond donors (Lipinski definition) is 1. The molecule has 0 radical (unpaired) electrons. The van der Waals surface area contributed by atoms with E-state index in [4.69, 9.17) is 0 Å². The highest BCUT2D eigenvalue weighted by Gasteiger charge is 2.30. The normalized spacial score (nSPS) is 20.2. The first-order valence-electron chi connectivity index (χ1n) is 10.2. The monoisotopic (exact) mass is 378 g/mol. The third kappa shape index (κ3) is 4.21. The average Bonchev–Trinajstić information content (AvgIpc) is 3.05. The van der Waals surface area contributed by atoms with E-state index in [-0.39, 0.29) is 12.1 Å². The molecular weight excluding hydrogens is 348 g/mol. The Morgan fingerprint density at radius 2 is 1.68 bits per heavy atom. The van der Waals surface area contributed by atoms with Crippen molar-refractivity contribution in [2.75, 3.05) is 38.1 Å². The van der Waals surface area contributed by atoms with Crippen molar-refractivity contribution in [3.63, 3.8) is 0 Å². The van der Waals surface area contributed by atoms with Gasteiger partial charge in [0.2, 0.25) is 0 Å². The van der Waals surface area contributed by atoms with E-state index in [0.29, 0.717) is 6.54 Å². The van der Waals surface area contributed by atoms with Gasteiger partial charge in [-0.05, 0) is 43.1 Å². The summed E-state index contributed by atoms with van der Waals surface area (Å²) in [6, 6.07) is 17.0. The van der Waals surface area contributed by atoms with E-state index in [9.17, 15) is 4.79 Å². The largest absolute Gasteiger partial charge is 0.334 e. The summed E-state index contributed by atoms with van der Waals surface area (Å²) in [7, 11) is 2.18. The number of nitrogens with one attached hydrogen (secondary N) is 1. The quantitative estimate of drug-likeness (QED) is 0.889. The number of hydrogen-bond acceptors (Lipinski definition) is 3. The molecule has 1 atom stereocenters. The third-order valence-corrected chi connectivity index (χ3v) is 5.89. The summed E-state index contributed by atoms with van der Waals surface area (Å²) in [5, 5.41) is 3.09. The molecule has 1 saturated heterocycles. The van der Waals surface area contributed by atoms with Crippen molar-refractivity contribution in [1.29, 1.82) is 0 Å². The summed E-state index contributed by atoms with van der Waals surface area (Å²) in [6.45, 7) is 8.20. The van der Waals surface area contributed by atoms with Gasteiger partial charge in [0.25, 0.3) is 0 Å². The summed E-state index contributed by atoms with van der Waals surface area (Å²) < 4.78 is 0. The van der Waals surface area contributed by atoms with Crippen LogP contribution in [-0.4, -0.2) is 55.1 Å². The highest BCUT2D eigenvalue weighted by atomic mass is 16.2. The van der Waals surface area contributed by atoms with Crippen molar-refractivity contribution < 1.29 is 4.79 Å². The van der Waals surface area contributed by atoms with Gasteiger partial charge in [-0.2, -0.15) is 0 Å². The molecule has 1 fully saturated rings. The van der Waals surface area contributed by atoms with Gasteiger partial charge in [0.15, 0.2) is 0 Å². The second-order valence-electron chi connectivity index (χ2n) is 8.11. The van der Waals surface area contributed by atoms with Crippen molar-refractivity contribution in [1.82, 2.24) is 15.1 Å². The summed E-state index contributed by atoms with van der Waals surface area (Å²) in [6.07, 6.45) is 0.921. The van der Waals surface area contributed by atoms with Gasteiger partial charge in [-0.3, -0.25) is 9.80 Å². The van der Waals surface area contributed by atoms with Crippen LogP contribution in [0.15, 0.2) is 48.5 Å². The lowest BCUT2D eigenvalue weighted by molar-refractivity contribution is 0.148. The first kappa shape index (κ1) is 19.0. The minimum absolute atomic E-state index is 0.0148. The number of rotatable bonds is 4. The molecule has 4 rings (SSSR count). The van der Waals surface area contributed by atoms with Crippen molar-refractivity contribution in [2.45, 2.75) is 32.5 Å². The van der Waals surface area contributed by atoms with E-state index in [1.807, 2.05) is 23.1 Å². The lowest BCUT2D eigenvalue weighted by atomic mass is 10.1. The van der Waals surface area contributed by atoms with Crippen LogP contribution in [0.1, 0.15) is 23.6 Å². The van der Waals surface area contributed by atoms with Crippen molar-refractivity contribution in [2.24, 2.45) is 0 Å². The zero-order valence-electron chi connectivity index (χ0n) is 16.9. The Morgan fingerprint density at radius 3 is 2.43 bits per heavy atom. The van der Waals surface area contributed by atoms with E-state index in [1.54, 1.807) is 0 Å². The predicted octanol–water partition coefficient (Wildman–Crippen LogP) is 3.09. The molecule has 0 aliphatic carbocycles. The molecule has 0 saturated carbocycles. The van der Waals surface area contributed by atoms with Gasteiger partial charge in [-0.25, -0.2) is 4.79 Å². The Labute approximate surface area is 167 Å². The second-order valence-corrected chi connectivity index (χ2v) is 8.11. The Morgan fingerprint density at radius 1 is 1.00 bits per heavy atom. The van der Waals surface area contributed by atoms with E-state index in [2.05, 4.69) is 59.4 Å². The number of benzene rings is 2. The SMILES string of the molecule is C[C@@H]1Cc2ccccc2N1C(=O)NCc1ccc(CN2CCN(C)CC2)cc1. The number of para-hydroxylation sites is 1. The van der Waals surface area contributed by atoms with Crippen molar-refractivity contribution >= 4 is 11.7 Å². The van der Waals surface area contributed by atoms with Gasteiger partial charge >= 0.3 is 6.03 Å². The highest BCUT2D eigenvalue weighted by molar-refractivity contribution is 5.94. The van der Waals surface area contributed by atoms with Gasteiger partial charge in [-0.15, -0.1) is 0 Å². The standard InChI is InChI=1S/C23H30N4O/c1-18-15-21-5-3-4-6-22(21)27(18)23(28)24-16-19-7-9-20(10-8-19)17-26-13-11-25(2)12-14-26/h3-10,18H,11-17H2,1-2H3,(H,24,28)/t18-/m1/s1. The molecule has 2 amide bonds. The van der Waals surface area contributed by atoms with E-state index >= 15 is 0 Å². The van der Waals surface area contributed by atoms with Crippen LogP contribution in [0.3, 0.4) is 0 Å². The maximum atomic E-state index is 12.8. The van der Waals surface area contributed by atoms with Gasteiger partial charge in [0.1, 0.15) is 0 Å². The molecule has 5 nitrogen and oxygen atoms in total. The van der Waals surface area contributed by atoms with E-state index in [0.717, 1.165) is 50.4 Å². The Balaban J connectivity index is 1.31. The fourth-order valence-corrected chi connectivity index (χ4v) is 4.16. The number of anilines is 1. The molecule has 2 aromatic carbocycles. The molecule has 0 aromatic heterocycles. The van der Waals surface area contributed by atoms with Crippen LogP contribution >= 0.6 is 0 Å². The molecule has 148 valence electrons. The second kappa shape index (κ2) is 8.33. The first-order valence-corrected chi connectivity index (χ1v) is 10.2. The third-order valence-electron chi connectivity index (χ3n) is 5.89. The van der Waals surface area contributed by atoms with Crippen molar-refractivity contribution in [3.8, 4) is 0 Å².